The van der Waals surface area contributed by atoms with Crippen molar-refractivity contribution < 1.29 is 14.3 Å². The van der Waals surface area contributed by atoms with Crippen molar-refractivity contribution in [2.24, 2.45) is 5.73 Å². The fraction of sp³-hybridized carbons (Fsp3) is 0.444. The standard InChI is InChI=1S/C17H20N2O3.CH5N/c1-2-12-4-3-5-15-13(8-18-17(12)15)6-7-16(21)19(11-20)9-14-10-22-14;1-2/h3-5,8,11,14,18H,2,6-7,9-10H2,1H3;2H2,1H3. The van der Waals surface area contributed by atoms with Crippen LogP contribution in [0.1, 0.15) is 24.5 Å². The number of fused-ring (bicyclic) bond motifs is 1. The molecule has 2 aromatic rings. The molecule has 1 aliphatic heterocycles. The lowest BCUT2D eigenvalue weighted by Crippen LogP contribution is -2.33. The Kier molecular flexibility index (Phi) is 6.52. The first-order valence-corrected chi connectivity index (χ1v) is 8.25. The van der Waals surface area contributed by atoms with E-state index in [4.69, 9.17) is 4.74 Å². The number of amides is 2. The van der Waals surface area contributed by atoms with Crippen LogP contribution in [0.5, 0.6) is 0 Å². The van der Waals surface area contributed by atoms with Crippen molar-refractivity contribution in [1.82, 2.24) is 9.88 Å². The number of hydrogen-bond acceptors (Lipinski definition) is 4. The summed E-state index contributed by atoms with van der Waals surface area (Å²) in [5, 5.41) is 1.16. The number of aryl methyl sites for hydroxylation is 2. The van der Waals surface area contributed by atoms with Gasteiger partial charge in [-0.3, -0.25) is 14.5 Å². The second kappa shape index (κ2) is 8.61. The van der Waals surface area contributed by atoms with E-state index in [9.17, 15) is 9.59 Å². The molecule has 0 bridgehead atoms. The Balaban J connectivity index is 0.00000100. The quantitative estimate of drug-likeness (QED) is 0.596. The predicted octanol–water partition coefficient (Wildman–Crippen LogP) is 1.62. The maximum Gasteiger partial charge on any atom is 0.229 e. The number of nitrogens with one attached hydrogen (secondary N) is 1. The minimum absolute atomic E-state index is 0.0364. The van der Waals surface area contributed by atoms with Crippen LogP contribution in [-0.2, 0) is 27.2 Å². The molecular formula is C18H25N3O3. The van der Waals surface area contributed by atoms with E-state index in [1.807, 2.05) is 12.3 Å². The first kappa shape index (κ1) is 18.2. The van der Waals surface area contributed by atoms with Crippen LogP contribution in [0.2, 0.25) is 0 Å². The largest absolute Gasteiger partial charge is 0.371 e. The van der Waals surface area contributed by atoms with E-state index in [-0.39, 0.29) is 12.0 Å². The average Bonchev–Trinajstić information content (AvgIpc) is 3.36. The van der Waals surface area contributed by atoms with Gasteiger partial charge in [0.25, 0.3) is 0 Å². The number of imide groups is 1. The van der Waals surface area contributed by atoms with Gasteiger partial charge in [0.15, 0.2) is 0 Å². The summed E-state index contributed by atoms with van der Waals surface area (Å²) in [6, 6.07) is 6.22. The summed E-state index contributed by atoms with van der Waals surface area (Å²) >= 11 is 0. The van der Waals surface area contributed by atoms with E-state index in [1.165, 1.54) is 17.5 Å². The Morgan fingerprint density at radius 3 is 2.79 bits per heavy atom. The molecule has 130 valence electrons. The SMILES string of the molecule is CCc1cccc2c(CCC(=O)N(C=O)CC3CO3)c[nH]c12.CN. The molecule has 1 saturated heterocycles. The van der Waals surface area contributed by atoms with E-state index < -0.39 is 0 Å². The molecule has 1 aromatic heterocycles. The zero-order valence-corrected chi connectivity index (χ0v) is 14.2. The van der Waals surface area contributed by atoms with E-state index in [2.05, 4.69) is 29.8 Å². The van der Waals surface area contributed by atoms with Gasteiger partial charge in [-0.1, -0.05) is 25.1 Å². The fourth-order valence-electron chi connectivity index (χ4n) is 2.76. The van der Waals surface area contributed by atoms with Gasteiger partial charge in [0.2, 0.25) is 12.3 Å². The Hall–Kier alpha value is -2.18. The van der Waals surface area contributed by atoms with Crippen molar-refractivity contribution in [3.63, 3.8) is 0 Å². The lowest BCUT2D eigenvalue weighted by molar-refractivity contribution is -0.138. The van der Waals surface area contributed by atoms with Crippen LogP contribution >= 0.6 is 0 Å². The third kappa shape index (κ3) is 4.21. The van der Waals surface area contributed by atoms with Crippen LogP contribution in [0.25, 0.3) is 10.9 Å². The maximum absolute atomic E-state index is 12.1. The molecule has 0 aliphatic carbocycles. The van der Waals surface area contributed by atoms with Crippen LogP contribution in [0, 0.1) is 0 Å². The Morgan fingerprint density at radius 1 is 1.42 bits per heavy atom. The number of aromatic amines is 1. The van der Waals surface area contributed by atoms with Gasteiger partial charge in [-0.15, -0.1) is 0 Å². The van der Waals surface area contributed by atoms with Gasteiger partial charge in [-0.25, -0.2) is 0 Å². The summed E-state index contributed by atoms with van der Waals surface area (Å²) in [6.07, 6.45) is 4.53. The highest BCUT2D eigenvalue weighted by atomic mass is 16.6. The molecule has 1 fully saturated rings. The molecule has 2 amide bonds. The number of nitrogens with two attached hydrogens (primary N) is 1. The van der Waals surface area contributed by atoms with Gasteiger partial charge < -0.3 is 15.5 Å². The molecule has 24 heavy (non-hydrogen) atoms. The zero-order chi connectivity index (χ0) is 17.5. The van der Waals surface area contributed by atoms with Crippen LogP contribution in [-0.4, -0.2) is 48.5 Å². The number of rotatable bonds is 7. The number of benzene rings is 1. The first-order chi connectivity index (χ1) is 11.7. The number of para-hydroxylation sites is 1. The fourth-order valence-corrected chi connectivity index (χ4v) is 2.76. The molecular weight excluding hydrogens is 306 g/mol. The topological polar surface area (TPSA) is 91.7 Å². The van der Waals surface area contributed by atoms with E-state index >= 15 is 0 Å². The van der Waals surface area contributed by atoms with E-state index in [0.29, 0.717) is 32.4 Å². The third-order valence-corrected chi connectivity index (χ3v) is 4.13. The maximum atomic E-state index is 12.1. The van der Waals surface area contributed by atoms with Crippen molar-refractivity contribution in [3.05, 3.63) is 35.5 Å². The molecule has 0 radical (unpaired) electrons. The third-order valence-electron chi connectivity index (χ3n) is 4.13. The summed E-state index contributed by atoms with van der Waals surface area (Å²) in [5.41, 5.74) is 8.04. The number of ether oxygens (including phenoxy) is 1. The number of epoxide rings is 1. The summed E-state index contributed by atoms with van der Waals surface area (Å²) in [6.45, 7) is 3.14. The van der Waals surface area contributed by atoms with Crippen molar-refractivity contribution in [2.75, 3.05) is 20.2 Å². The first-order valence-electron chi connectivity index (χ1n) is 8.25. The molecule has 1 aliphatic rings. The highest BCUT2D eigenvalue weighted by Crippen LogP contribution is 2.23. The minimum Gasteiger partial charge on any atom is -0.371 e. The molecule has 1 atom stereocenters. The molecule has 1 unspecified atom stereocenters. The second-order valence-corrected chi connectivity index (χ2v) is 5.61. The molecule has 6 heteroatoms. The Bertz CT molecular complexity index is 692. The predicted molar refractivity (Wildman–Crippen MR) is 93.6 cm³/mol. The number of carbonyl (C=O) groups excluding carboxylic acids is 2. The smallest absolute Gasteiger partial charge is 0.229 e. The lowest BCUT2D eigenvalue weighted by atomic mass is 10.0. The van der Waals surface area contributed by atoms with Crippen LogP contribution in [0.15, 0.2) is 24.4 Å². The van der Waals surface area contributed by atoms with Crippen LogP contribution < -0.4 is 5.73 Å². The van der Waals surface area contributed by atoms with Gasteiger partial charge in [0.1, 0.15) is 0 Å². The van der Waals surface area contributed by atoms with E-state index in [0.717, 1.165) is 22.9 Å². The highest BCUT2D eigenvalue weighted by Gasteiger charge is 2.27. The summed E-state index contributed by atoms with van der Waals surface area (Å²) in [4.78, 5) is 27.7. The molecule has 0 saturated carbocycles. The number of nitrogens with zero attached hydrogens (tertiary/aromatic N) is 1. The summed E-state index contributed by atoms with van der Waals surface area (Å²) in [7, 11) is 1.50. The molecule has 2 heterocycles. The highest BCUT2D eigenvalue weighted by molar-refractivity contribution is 5.88. The Labute approximate surface area is 142 Å². The van der Waals surface area contributed by atoms with Crippen molar-refractivity contribution >= 4 is 23.2 Å². The van der Waals surface area contributed by atoms with Gasteiger partial charge in [0.05, 0.1) is 19.3 Å². The number of carbonyl (C=O) groups is 2. The van der Waals surface area contributed by atoms with E-state index in [1.54, 1.807) is 0 Å². The summed E-state index contributed by atoms with van der Waals surface area (Å²) in [5.74, 6) is -0.147. The van der Waals surface area contributed by atoms with Gasteiger partial charge in [-0.05, 0) is 31.0 Å². The zero-order valence-electron chi connectivity index (χ0n) is 14.2. The van der Waals surface area contributed by atoms with Gasteiger partial charge in [-0.2, -0.15) is 0 Å². The molecule has 3 rings (SSSR count). The van der Waals surface area contributed by atoms with Gasteiger partial charge in [0, 0.05) is 23.5 Å². The lowest BCUT2D eigenvalue weighted by Gasteiger charge is -2.13. The molecule has 1 aromatic carbocycles. The summed E-state index contributed by atoms with van der Waals surface area (Å²) < 4.78 is 5.07. The number of hydrogen-bond donors (Lipinski definition) is 2. The van der Waals surface area contributed by atoms with Gasteiger partial charge >= 0.3 is 0 Å². The number of aromatic nitrogens is 1. The van der Waals surface area contributed by atoms with Crippen LogP contribution in [0.4, 0.5) is 0 Å². The average molecular weight is 331 g/mol. The number of H-pyrrole nitrogens is 1. The van der Waals surface area contributed by atoms with Crippen molar-refractivity contribution in [2.45, 2.75) is 32.3 Å². The van der Waals surface area contributed by atoms with Crippen molar-refractivity contribution in [1.29, 1.82) is 0 Å². The normalized spacial score (nSPS) is 15.5. The Morgan fingerprint density at radius 2 is 2.17 bits per heavy atom. The second-order valence-electron chi connectivity index (χ2n) is 5.61. The molecule has 3 N–H and O–H groups in total. The van der Waals surface area contributed by atoms with Crippen molar-refractivity contribution in [3.8, 4) is 0 Å². The molecule has 6 nitrogen and oxygen atoms in total. The molecule has 0 spiro atoms. The monoisotopic (exact) mass is 331 g/mol. The van der Waals surface area contributed by atoms with Crippen LogP contribution in [0.3, 0.4) is 0 Å². The minimum atomic E-state index is -0.147.